The van der Waals surface area contributed by atoms with Crippen LogP contribution in [0.25, 0.3) is 11.0 Å². The van der Waals surface area contributed by atoms with E-state index in [0.717, 1.165) is 10.9 Å². The molecule has 3 aromatic rings. The summed E-state index contributed by atoms with van der Waals surface area (Å²) < 4.78 is 10.7. The summed E-state index contributed by atoms with van der Waals surface area (Å²) in [5.41, 5.74) is 2.40. The van der Waals surface area contributed by atoms with Gasteiger partial charge in [-0.25, -0.2) is 0 Å². The van der Waals surface area contributed by atoms with Crippen molar-refractivity contribution in [2.24, 2.45) is 0 Å². The standard InChI is InChI=1S/C19H17NO4/c1-13-5-4-7-15(9-13)20-19(22)12-23-11-16(21)18-10-14-6-2-3-8-17(14)24-18/h2-10H,11-12H2,1H3,(H,20,22). The molecule has 0 fully saturated rings. The van der Waals surface area contributed by atoms with Crippen molar-refractivity contribution in [3.63, 3.8) is 0 Å². The van der Waals surface area contributed by atoms with Gasteiger partial charge in [0.2, 0.25) is 11.7 Å². The lowest BCUT2D eigenvalue weighted by atomic mass is 10.2. The van der Waals surface area contributed by atoms with Crippen molar-refractivity contribution in [1.29, 1.82) is 0 Å². The fourth-order valence-corrected chi connectivity index (χ4v) is 2.35. The van der Waals surface area contributed by atoms with Crippen molar-refractivity contribution in [3.05, 3.63) is 65.9 Å². The molecule has 3 rings (SSSR count). The topological polar surface area (TPSA) is 68.5 Å². The zero-order valence-electron chi connectivity index (χ0n) is 13.2. The number of amides is 1. The van der Waals surface area contributed by atoms with Gasteiger partial charge in [0.05, 0.1) is 0 Å². The van der Waals surface area contributed by atoms with Crippen LogP contribution in [0.2, 0.25) is 0 Å². The Balaban J connectivity index is 1.50. The summed E-state index contributed by atoms with van der Waals surface area (Å²) in [6.45, 7) is 1.54. The molecule has 0 atom stereocenters. The first-order chi connectivity index (χ1) is 11.6. The second-order valence-electron chi connectivity index (χ2n) is 5.48. The number of benzene rings is 2. The lowest BCUT2D eigenvalue weighted by Gasteiger charge is -2.06. The van der Waals surface area contributed by atoms with Crippen LogP contribution in [0.1, 0.15) is 16.1 Å². The lowest BCUT2D eigenvalue weighted by Crippen LogP contribution is -2.20. The number of aryl methyl sites for hydroxylation is 1. The molecule has 1 aromatic heterocycles. The molecular formula is C19H17NO4. The number of furan rings is 1. The Morgan fingerprint density at radius 1 is 1.04 bits per heavy atom. The minimum atomic E-state index is -0.307. The van der Waals surface area contributed by atoms with Crippen molar-refractivity contribution in [1.82, 2.24) is 0 Å². The number of carbonyl (C=O) groups is 2. The fourth-order valence-electron chi connectivity index (χ4n) is 2.35. The number of hydrogen-bond donors (Lipinski definition) is 1. The highest BCUT2D eigenvalue weighted by Crippen LogP contribution is 2.19. The van der Waals surface area contributed by atoms with Crippen LogP contribution in [-0.4, -0.2) is 24.9 Å². The maximum Gasteiger partial charge on any atom is 0.250 e. The Morgan fingerprint density at radius 3 is 2.67 bits per heavy atom. The summed E-state index contributed by atoms with van der Waals surface area (Å²) in [7, 11) is 0. The number of ketones is 1. The molecule has 0 spiro atoms. The summed E-state index contributed by atoms with van der Waals surface area (Å²) in [6.07, 6.45) is 0. The summed E-state index contributed by atoms with van der Waals surface area (Å²) in [5, 5.41) is 3.58. The van der Waals surface area contributed by atoms with Crippen LogP contribution < -0.4 is 5.32 Å². The van der Waals surface area contributed by atoms with E-state index in [2.05, 4.69) is 5.32 Å². The molecule has 5 heteroatoms. The minimum absolute atomic E-state index is 0.195. The van der Waals surface area contributed by atoms with Gasteiger partial charge in [0.15, 0.2) is 5.76 Å². The minimum Gasteiger partial charge on any atom is -0.453 e. The third kappa shape index (κ3) is 3.88. The molecule has 0 aliphatic rings. The zero-order chi connectivity index (χ0) is 16.9. The Bertz CT molecular complexity index is 849. The van der Waals surface area contributed by atoms with E-state index >= 15 is 0 Å². The lowest BCUT2D eigenvalue weighted by molar-refractivity contribution is -0.120. The van der Waals surface area contributed by atoms with Gasteiger partial charge >= 0.3 is 0 Å². The van der Waals surface area contributed by atoms with Crippen molar-refractivity contribution < 1.29 is 18.7 Å². The number of rotatable bonds is 6. The Hall–Kier alpha value is -2.92. The van der Waals surface area contributed by atoms with Crippen LogP contribution in [-0.2, 0) is 9.53 Å². The molecule has 1 heterocycles. The number of fused-ring (bicyclic) bond motifs is 1. The molecule has 5 nitrogen and oxygen atoms in total. The highest BCUT2D eigenvalue weighted by Gasteiger charge is 2.13. The first-order valence-electron chi connectivity index (χ1n) is 7.58. The number of Topliss-reactive ketones (excluding diaryl/α,β-unsaturated/α-hetero) is 1. The predicted octanol–water partition coefficient (Wildman–Crippen LogP) is 3.58. The number of para-hydroxylation sites is 1. The quantitative estimate of drug-likeness (QED) is 0.704. The van der Waals surface area contributed by atoms with Crippen LogP contribution in [0.3, 0.4) is 0 Å². The summed E-state index contributed by atoms with van der Waals surface area (Å²) in [4.78, 5) is 23.9. The summed E-state index contributed by atoms with van der Waals surface area (Å²) in [5.74, 6) is -0.372. The predicted molar refractivity (Wildman–Crippen MR) is 91.2 cm³/mol. The largest absolute Gasteiger partial charge is 0.453 e. The van der Waals surface area contributed by atoms with Crippen molar-refractivity contribution >= 4 is 28.3 Å². The molecule has 24 heavy (non-hydrogen) atoms. The van der Waals surface area contributed by atoms with Gasteiger partial charge < -0.3 is 14.5 Å². The van der Waals surface area contributed by atoms with Gasteiger partial charge in [0, 0.05) is 11.1 Å². The van der Waals surface area contributed by atoms with Crippen LogP contribution in [0.4, 0.5) is 5.69 Å². The molecule has 0 saturated heterocycles. The number of hydrogen-bond acceptors (Lipinski definition) is 4. The zero-order valence-corrected chi connectivity index (χ0v) is 13.2. The van der Waals surface area contributed by atoms with Gasteiger partial charge in [0.1, 0.15) is 18.8 Å². The van der Waals surface area contributed by atoms with Crippen LogP contribution in [0, 0.1) is 6.92 Å². The van der Waals surface area contributed by atoms with Crippen molar-refractivity contribution in [3.8, 4) is 0 Å². The second-order valence-corrected chi connectivity index (χ2v) is 5.48. The van der Waals surface area contributed by atoms with Gasteiger partial charge in [-0.3, -0.25) is 9.59 Å². The monoisotopic (exact) mass is 323 g/mol. The normalized spacial score (nSPS) is 10.7. The Morgan fingerprint density at radius 2 is 1.88 bits per heavy atom. The molecule has 122 valence electrons. The second kappa shape index (κ2) is 7.10. The molecule has 0 radical (unpaired) electrons. The number of anilines is 1. The third-order valence-corrected chi connectivity index (χ3v) is 3.47. The van der Waals surface area contributed by atoms with E-state index < -0.39 is 0 Å². The van der Waals surface area contributed by atoms with E-state index in [-0.39, 0.29) is 30.7 Å². The number of nitrogens with one attached hydrogen (secondary N) is 1. The average molecular weight is 323 g/mol. The molecular weight excluding hydrogens is 306 g/mol. The maximum atomic E-state index is 12.0. The van der Waals surface area contributed by atoms with E-state index in [9.17, 15) is 9.59 Å². The van der Waals surface area contributed by atoms with E-state index in [4.69, 9.17) is 9.15 Å². The molecule has 1 N–H and O–H groups in total. The Labute approximate surface area is 139 Å². The van der Waals surface area contributed by atoms with E-state index in [1.54, 1.807) is 18.2 Å². The summed E-state index contributed by atoms with van der Waals surface area (Å²) >= 11 is 0. The molecule has 0 aliphatic carbocycles. The molecule has 0 saturated carbocycles. The Kier molecular flexibility index (Phi) is 4.72. The molecule has 2 aromatic carbocycles. The van der Waals surface area contributed by atoms with Crippen molar-refractivity contribution in [2.75, 3.05) is 18.5 Å². The fraction of sp³-hybridized carbons (Fsp3) is 0.158. The number of carbonyl (C=O) groups excluding carboxylic acids is 2. The number of ether oxygens (including phenoxy) is 1. The summed E-state index contributed by atoms with van der Waals surface area (Å²) in [6, 6.07) is 16.5. The van der Waals surface area contributed by atoms with Gasteiger partial charge in [-0.05, 0) is 36.8 Å². The first kappa shape index (κ1) is 16.0. The SMILES string of the molecule is Cc1cccc(NC(=O)COCC(=O)c2cc3ccccc3o2)c1. The average Bonchev–Trinajstić information content (AvgIpc) is 2.99. The van der Waals surface area contributed by atoms with Crippen molar-refractivity contribution in [2.45, 2.75) is 6.92 Å². The molecule has 0 unspecified atom stereocenters. The van der Waals surface area contributed by atoms with E-state index in [1.807, 2.05) is 43.3 Å². The van der Waals surface area contributed by atoms with E-state index in [0.29, 0.717) is 11.3 Å². The molecule has 1 amide bonds. The molecule has 0 aliphatic heterocycles. The van der Waals surface area contributed by atoms with Gasteiger partial charge in [-0.1, -0.05) is 30.3 Å². The maximum absolute atomic E-state index is 12.0. The smallest absolute Gasteiger partial charge is 0.250 e. The van der Waals surface area contributed by atoms with E-state index in [1.165, 1.54) is 0 Å². The highest BCUT2D eigenvalue weighted by molar-refractivity contribution is 5.98. The van der Waals surface area contributed by atoms with Crippen LogP contribution in [0.15, 0.2) is 59.0 Å². The molecule has 0 bridgehead atoms. The highest BCUT2D eigenvalue weighted by atomic mass is 16.5. The van der Waals surface area contributed by atoms with Gasteiger partial charge in [-0.2, -0.15) is 0 Å². The third-order valence-electron chi connectivity index (χ3n) is 3.47. The van der Waals surface area contributed by atoms with Crippen LogP contribution >= 0.6 is 0 Å². The first-order valence-corrected chi connectivity index (χ1v) is 7.58. The van der Waals surface area contributed by atoms with Crippen LogP contribution in [0.5, 0.6) is 0 Å². The van der Waals surface area contributed by atoms with Gasteiger partial charge in [-0.15, -0.1) is 0 Å². The van der Waals surface area contributed by atoms with Gasteiger partial charge in [0.25, 0.3) is 0 Å².